The van der Waals surface area contributed by atoms with Crippen molar-refractivity contribution >= 4 is 40.8 Å². The number of para-hydroxylation sites is 2. The monoisotopic (exact) mass is 715 g/mol. The van der Waals surface area contributed by atoms with E-state index >= 15 is 0 Å². The average Bonchev–Trinajstić information content (AvgIpc) is 3.61. The Kier molecular flexibility index (Phi) is 11.0. The number of esters is 3. The van der Waals surface area contributed by atoms with E-state index < -0.39 is 47.8 Å². The van der Waals surface area contributed by atoms with Gasteiger partial charge in [-0.05, 0) is 65.9 Å². The highest BCUT2D eigenvalue weighted by Gasteiger charge is 2.52. The second-order valence-electron chi connectivity index (χ2n) is 11.8. The Bertz CT molecular complexity index is 2060. The molecule has 0 unspecified atom stereocenters. The fourth-order valence-corrected chi connectivity index (χ4v) is 6.73. The van der Waals surface area contributed by atoms with Gasteiger partial charge in [0.1, 0.15) is 29.8 Å². The smallest absolute Gasteiger partial charge is 0.338 e. The summed E-state index contributed by atoms with van der Waals surface area (Å²) >= 11 is 1.11. The zero-order chi connectivity index (χ0) is 35.7. The lowest BCUT2D eigenvalue weighted by atomic mass is 9.98. The van der Waals surface area contributed by atoms with Crippen LogP contribution in [0.15, 0.2) is 155 Å². The van der Waals surface area contributed by atoms with Crippen molar-refractivity contribution in [3.63, 3.8) is 0 Å². The Balaban J connectivity index is 1.28. The number of hydrogen-bond donors (Lipinski definition) is 0. The van der Waals surface area contributed by atoms with E-state index in [2.05, 4.69) is 4.98 Å². The number of carbonyl (C=O) groups is 3. The number of aromatic nitrogens is 1. The number of rotatable bonds is 12. The molecule has 0 N–H and O–H groups in total. The summed E-state index contributed by atoms with van der Waals surface area (Å²) in [5, 5.41) is 0.271. The average molecular weight is 716 g/mol. The molecule has 1 aromatic heterocycles. The number of benzene rings is 5. The molecule has 6 aromatic rings. The van der Waals surface area contributed by atoms with Crippen LogP contribution in [-0.4, -0.2) is 59.4 Å². The highest BCUT2D eigenvalue weighted by atomic mass is 32.2. The summed E-state index contributed by atoms with van der Waals surface area (Å²) in [4.78, 5) is 45.2. The molecule has 5 atom stereocenters. The van der Waals surface area contributed by atoms with Crippen LogP contribution < -0.4 is 0 Å². The van der Waals surface area contributed by atoms with Crippen LogP contribution in [0.3, 0.4) is 0 Å². The molecule has 2 heterocycles. The van der Waals surface area contributed by atoms with E-state index in [0.29, 0.717) is 16.7 Å². The van der Waals surface area contributed by atoms with Gasteiger partial charge in [0.2, 0.25) is 0 Å². The highest BCUT2D eigenvalue weighted by molar-refractivity contribution is 7.99. The maximum absolute atomic E-state index is 13.8. The number of fused-ring (bicyclic) bond motifs is 1. The van der Waals surface area contributed by atoms with Gasteiger partial charge < -0.3 is 28.1 Å². The van der Waals surface area contributed by atoms with Crippen LogP contribution in [-0.2, 0) is 30.3 Å². The van der Waals surface area contributed by atoms with Crippen LogP contribution >= 0.6 is 11.8 Å². The molecule has 10 nitrogen and oxygen atoms in total. The van der Waals surface area contributed by atoms with E-state index in [1.807, 2.05) is 48.5 Å². The van der Waals surface area contributed by atoms with E-state index in [0.717, 1.165) is 17.3 Å². The summed E-state index contributed by atoms with van der Waals surface area (Å²) in [7, 11) is 0. The van der Waals surface area contributed by atoms with Gasteiger partial charge in [-0.1, -0.05) is 97.1 Å². The molecule has 1 aliphatic rings. The molecule has 7 rings (SSSR count). The fourth-order valence-electron chi connectivity index (χ4n) is 5.67. The predicted octanol–water partition coefficient (Wildman–Crippen LogP) is 7.54. The highest BCUT2D eigenvalue weighted by Crippen LogP contribution is 2.39. The van der Waals surface area contributed by atoms with Gasteiger partial charge in [0.15, 0.2) is 17.8 Å². The first kappa shape index (κ1) is 34.7. The van der Waals surface area contributed by atoms with Crippen molar-refractivity contribution in [2.75, 3.05) is 6.61 Å². The summed E-state index contributed by atoms with van der Waals surface area (Å²) in [6, 6.07) is 42.1. The molecule has 52 heavy (non-hydrogen) atoms. The molecule has 1 fully saturated rings. The predicted molar refractivity (Wildman–Crippen MR) is 192 cm³/mol. The molecular formula is C41H33NO9S. The second-order valence-corrected chi connectivity index (χ2v) is 12.9. The molecule has 1 saturated heterocycles. The third-order valence-corrected chi connectivity index (χ3v) is 9.25. The van der Waals surface area contributed by atoms with Crippen molar-refractivity contribution in [2.45, 2.75) is 41.7 Å². The fraction of sp³-hybridized carbons (Fsp3) is 0.171. The first-order chi connectivity index (χ1) is 25.5. The van der Waals surface area contributed by atoms with E-state index in [1.54, 1.807) is 97.1 Å². The van der Waals surface area contributed by atoms with Crippen LogP contribution in [0.25, 0.3) is 11.1 Å². The summed E-state index contributed by atoms with van der Waals surface area (Å²) in [6.07, 6.45) is -4.69. The molecule has 0 spiro atoms. The van der Waals surface area contributed by atoms with Gasteiger partial charge in [0.05, 0.1) is 23.3 Å². The third-order valence-electron chi connectivity index (χ3n) is 8.26. The second kappa shape index (κ2) is 16.5. The minimum Gasteiger partial charge on any atom is -0.459 e. The van der Waals surface area contributed by atoms with Crippen molar-refractivity contribution < 1.29 is 42.5 Å². The van der Waals surface area contributed by atoms with Crippen molar-refractivity contribution in [1.29, 1.82) is 0 Å². The van der Waals surface area contributed by atoms with Crippen molar-refractivity contribution in [1.82, 2.24) is 4.98 Å². The maximum atomic E-state index is 13.8. The Labute approximate surface area is 303 Å². The molecule has 0 saturated carbocycles. The van der Waals surface area contributed by atoms with Crippen LogP contribution in [0, 0.1) is 0 Å². The van der Waals surface area contributed by atoms with Gasteiger partial charge in [0.25, 0.3) is 5.22 Å². The van der Waals surface area contributed by atoms with Gasteiger partial charge >= 0.3 is 17.9 Å². The van der Waals surface area contributed by atoms with E-state index in [1.165, 1.54) is 0 Å². The maximum Gasteiger partial charge on any atom is 0.338 e. The molecule has 11 heteroatoms. The van der Waals surface area contributed by atoms with Crippen molar-refractivity contribution in [3.8, 4) is 0 Å². The molecule has 262 valence electrons. The lowest BCUT2D eigenvalue weighted by Gasteiger charge is -2.44. The van der Waals surface area contributed by atoms with Crippen LogP contribution in [0.4, 0.5) is 0 Å². The van der Waals surface area contributed by atoms with Gasteiger partial charge in [-0.25, -0.2) is 19.4 Å². The largest absolute Gasteiger partial charge is 0.459 e. The van der Waals surface area contributed by atoms with Crippen molar-refractivity contribution in [2.24, 2.45) is 0 Å². The van der Waals surface area contributed by atoms with Gasteiger partial charge in [-0.2, -0.15) is 0 Å². The summed E-state index contributed by atoms with van der Waals surface area (Å²) < 4.78 is 37.4. The Hall–Kier alpha value is -5.75. The molecular weight excluding hydrogens is 683 g/mol. The van der Waals surface area contributed by atoms with Gasteiger partial charge in [0, 0.05) is 0 Å². The number of thioether (sulfide) groups is 1. The number of hydrogen-bond acceptors (Lipinski definition) is 11. The zero-order valence-corrected chi connectivity index (χ0v) is 28.5. The molecule has 0 bridgehead atoms. The molecule has 1 aliphatic heterocycles. The normalized spacial score (nSPS) is 19.8. The van der Waals surface area contributed by atoms with Crippen LogP contribution in [0.1, 0.15) is 36.6 Å². The van der Waals surface area contributed by atoms with Crippen LogP contribution in [0.5, 0.6) is 0 Å². The number of ether oxygens (including phenoxy) is 5. The minimum absolute atomic E-state index is 0.103. The topological polar surface area (TPSA) is 123 Å². The lowest BCUT2D eigenvalue weighted by molar-refractivity contribution is -0.221. The molecule has 0 radical (unpaired) electrons. The summed E-state index contributed by atoms with van der Waals surface area (Å²) in [6.45, 7) is -0.248. The summed E-state index contributed by atoms with van der Waals surface area (Å²) in [5.41, 5.74) is 1.97. The number of oxazole rings is 1. The first-order valence-corrected chi connectivity index (χ1v) is 17.5. The van der Waals surface area contributed by atoms with E-state index in [-0.39, 0.29) is 29.6 Å². The number of nitrogens with zero attached hydrogens (tertiary/aromatic N) is 1. The standard InChI is InChI=1S/C41H33NO9S/c43-37(28-17-7-2-8-18-28)47-26-33-34(50-38(44)29-19-9-3-10-20-29)35(51-39(45)30-21-11-4-12-22-30)36(46-25-27-15-5-1-6-16-27)40(48-33)52-41-42-31-23-13-14-24-32(31)49-41/h1-24,33-36,40H,25-26H2/t33-,34-,35+,36-,40-/m1/s1. The third kappa shape index (κ3) is 8.40. The van der Waals surface area contributed by atoms with Gasteiger partial charge in [-0.3, -0.25) is 0 Å². The van der Waals surface area contributed by atoms with Crippen LogP contribution in [0.2, 0.25) is 0 Å². The Morgan fingerprint density at radius 1 is 0.596 bits per heavy atom. The molecule has 5 aromatic carbocycles. The number of carbonyl (C=O) groups excluding carboxylic acids is 3. The molecule has 0 aliphatic carbocycles. The zero-order valence-electron chi connectivity index (χ0n) is 27.7. The lowest BCUT2D eigenvalue weighted by Crippen LogP contribution is -2.61. The molecule has 0 amide bonds. The van der Waals surface area contributed by atoms with E-state index in [4.69, 9.17) is 28.1 Å². The Morgan fingerprint density at radius 2 is 1.12 bits per heavy atom. The van der Waals surface area contributed by atoms with E-state index in [9.17, 15) is 14.4 Å². The van der Waals surface area contributed by atoms with Gasteiger partial charge in [-0.15, -0.1) is 0 Å². The Morgan fingerprint density at radius 3 is 1.71 bits per heavy atom. The first-order valence-electron chi connectivity index (χ1n) is 16.6. The minimum atomic E-state index is -1.29. The van der Waals surface area contributed by atoms with Crippen molar-refractivity contribution in [3.05, 3.63) is 168 Å². The SMILES string of the molecule is O=C(OC[C@H]1O[C@H](Sc2nc3ccccc3o2)[C@H](OCc2ccccc2)[C@@H](OC(=O)c2ccccc2)[C@@H]1OC(=O)c1ccccc1)c1ccccc1. The summed E-state index contributed by atoms with van der Waals surface area (Å²) in [5.74, 6) is -1.98. The quantitative estimate of drug-likeness (QED) is 0.0922.